The molecule has 0 amide bonds. The number of rotatable bonds is 2. The molecule has 0 spiro atoms. The Balaban J connectivity index is 2.51. The summed E-state index contributed by atoms with van der Waals surface area (Å²) in [7, 11) is 0. The number of alkyl halides is 1. The van der Waals surface area contributed by atoms with Gasteiger partial charge in [-0.15, -0.1) is 11.6 Å². The Labute approximate surface area is 87.6 Å². The van der Waals surface area contributed by atoms with Crippen molar-refractivity contribution < 1.29 is 0 Å². The fraction of sp³-hybridized carbons (Fsp3) is 0.0909. The summed E-state index contributed by atoms with van der Waals surface area (Å²) in [5.41, 5.74) is 2.92. The van der Waals surface area contributed by atoms with Crippen LogP contribution in [0.1, 0.15) is 5.56 Å². The van der Waals surface area contributed by atoms with Gasteiger partial charge in [-0.2, -0.15) is 10.2 Å². The second kappa shape index (κ2) is 4.20. The molecule has 0 aliphatic rings. The Morgan fingerprint density at radius 3 is 2.57 bits per heavy atom. The van der Waals surface area contributed by atoms with Gasteiger partial charge in [-0.25, -0.2) is 0 Å². The molecule has 0 N–H and O–H groups in total. The minimum atomic E-state index is 0.458. The maximum Gasteiger partial charge on any atom is 0.0973 e. The van der Waals surface area contributed by atoms with Crippen molar-refractivity contribution in [3.8, 4) is 11.3 Å². The van der Waals surface area contributed by atoms with E-state index in [9.17, 15) is 0 Å². The molecule has 0 saturated carbocycles. The molecule has 0 radical (unpaired) electrons. The third-order valence-corrected chi connectivity index (χ3v) is 2.28. The second-order valence-corrected chi connectivity index (χ2v) is 3.17. The molecular formula is C11H9ClN2. The lowest BCUT2D eigenvalue weighted by Crippen LogP contribution is -1.92. The zero-order chi connectivity index (χ0) is 9.80. The minimum absolute atomic E-state index is 0.458. The van der Waals surface area contributed by atoms with Gasteiger partial charge < -0.3 is 0 Å². The Kier molecular flexibility index (Phi) is 2.75. The Morgan fingerprint density at radius 1 is 1.07 bits per heavy atom. The molecule has 0 atom stereocenters. The van der Waals surface area contributed by atoms with Gasteiger partial charge in [0.05, 0.1) is 5.69 Å². The van der Waals surface area contributed by atoms with Crippen LogP contribution >= 0.6 is 11.6 Å². The van der Waals surface area contributed by atoms with Crippen molar-refractivity contribution >= 4 is 11.6 Å². The number of nitrogens with zero attached hydrogens (tertiary/aromatic N) is 2. The van der Waals surface area contributed by atoms with Gasteiger partial charge in [0, 0.05) is 17.6 Å². The van der Waals surface area contributed by atoms with Crippen LogP contribution in [0.3, 0.4) is 0 Å². The Morgan fingerprint density at radius 2 is 1.86 bits per heavy atom. The van der Waals surface area contributed by atoms with Gasteiger partial charge in [-0.1, -0.05) is 30.3 Å². The van der Waals surface area contributed by atoms with E-state index in [2.05, 4.69) is 10.2 Å². The number of hydrogen-bond donors (Lipinski definition) is 0. The van der Waals surface area contributed by atoms with Gasteiger partial charge in [0.15, 0.2) is 0 Å². The molecule has 14 heavy (non-hydrogen) atoms. The Bertz CT molecular complexity index is 415. The van der Waals surface area contributed by atoms with Crippen molar-refractivity contribution in [1.82, 2.24) is 10.2 Å². The fourth-order valence-corrected chi connectivity index (χ4v) is 1.52. The first-order chi connectivity index (χ1) is 6.92. The maximum atomic E-state index is 5.81. The highest BCUT2D eigenvalue weighted by molar-refractivity contribution is 6.17. The van der Waals surface area contributed by atoms with Gasteiger partial charge in [-0.05, 0) is 11.6 Å². The van der Waals surface area contributed by atoms with Gasteiger partial charge in [0.25, 0.3) is 0 Å². The zero-order valence-electron chi connectivity index (χ0n) is 7.52. The highest BCUT2D eigenvalue weighted by atomic mass is 35.5. The lowest BCUT2D eigenvalue weighted by Gasteiger charge is -2.03. The molecule has 0 saturated heterocycles. The molecule has 70 valence electrons. The largest absolute Gasteiger partial charge is 0.159 e. The van der Waals surface area contributed by atoms with Crippen molar-refractivity contribution in [2.45, 2.75) is 5.88 Å². The van der Waals surface area contributed by atoms with Crippen LogP contribution < -0.4 is 0 Å². The van der Waals surface area contributed by atoms with Crippen LogP contribution in [0.5, 0.6) is 0 Å². The van der Waals surface area contributed by atoms with Crippen molar-refractivity contribution in [3.05, 3.63) is 48.2 Å². The lowest BCUT2D eigenvalue weighted by molar-refractivity contribution is 1.02. The summed E-state index contributed by atoms with van der Waals surface area (Å²) >= 11 is 5.81. The smallest absolute Gasteiger partial charge is 0.0973 e. The first-order valence-electron chi connectivity index (χ1n) is 4.34. The summed E-state index contributed by atoms with van der Waals surface area (Å²) in [5, 5.41) is 7.95. The minimum Gasteiger partial charge on any atom is -0.159 e. The van der Waals surface area contributed by atoms with E-state index in [0.29, 0.717) is 5.88 Å². The average molecular weight is 205 g/mol. The lowest BCUT2D eigenvalue weighted by atomic mass is 10.1. The van der Waals surface area contributed by atoms with Crippen LogP contribution in [0.2, 0.25) is 0 Å². The monoisotopic (exact) mass is 204 g/mol. The highest BCUT2D eigenvalue weighted by Crippen LogP contribution is 2.20. The van der Waals surface area contributed by atoms with Gasteiger partial charge in [0.1, 0.15) is 0 Å². The van der Waals surface area contributed by atoms with E-state index in [1.54, 1.807) is 6.20 Å². The van der Waals surface area contributed by atoms with Crippen LogP contribution in [0.25, 0.3) is 11.3 Å². The fourth-order valence-electron chi connectivity index (χ4n) is 1.30. The zero-order valence-corrected chi connectivity index (χ0v) is 8.28. The SMILES string of the molecule is ClCc1ccnnc1-c1ccccc1. The maximum absolute atomic E-state index is 5.81. The van der Waals surface area contributed by atoms with Crippen molar-refractivity contribution in [3.63, 3.8) is 0 Å². The first-order valence-corrected chi connectivity index (χ1v) is 4.87. The van der Waals surface area contributed by atoms with Gasteiger partial charge >= 0.3 is 0 Å². The molecule has 0 bridgehead atoms. The van der Waals surface area contributed by atoms with Crippen molar-refractivity contribution in [2.24, 2.45) is 0 Å². The van der Waals surface area contributed by atoms with Crippen LogP contribution in [0.4, 0.5) is 0 Å². The van der Waals surface area contributed by atoms with Crippen molar-refractivity contribution in [1.29, 1.82) is 0 Å². The van der Waals surface area contributed by atoms with Gasteiger partial charge in [0.2, 0.25) is 0 Å². The molecule has 1 aromatic carbocycles. The van der Waals surface area contributed by atoms with E-state index >= 15 is 0 Å². The summed E-state index contributed by atoms with van der Waals surface area (Å²) < 4.78 is 0. The number of benzene rings is 1. The predicted molar refractivity (Wildman–Crippen MR) is 57.0 cm³/mol. The topological polar surface area (TPSA) is 25.8 Å². The molecule has 0 aliphatic carbocycles. The normalized spacial score (nSPS) is 10.1. The number of halogens is 1. The molecule has 0 aliphatic heterocycles. The van der Waals surface area contributed by atoms with Crippen LogP contribution in [-0.2, 0) is 5.88 Å². The van der Waals surface area contributed by atoms with Crippen LogP contribution in [0, 0.1) is 0 Å². The second-order valence-electron chi connectivity index (χ2n) is 2.90. The predicted octanol–water partition coefficient (Wildman–Crippen LogP) is 2.88. The molecule has 2 rings (SSSR count). The van der Waals surface area contributed by atoms with E-state index in [4.69, 9.17) is 11.6 Å². The standard InChI is InChI=1S/C11H9ClN2/c12-8-10-6-7-13-14-11(10)9-4-2-1-3-5-9/h1-7H,8H2. The van der Waals surface area contributed by atoms with E-state index in [1.165, 1.54) is 0 Å². The summed E-state index contributed by atoms with van der Waals surface area (Å²) in [6.07, 6.45) is 1.66. The van der Waals surface area contributed by atoms with E-state index in [1.807, 2.05) is 36.4 Å². The molecule has 3 heteroatoms. The third-order valence-electron chi connectivity index (χ3n) is 2.00. The number of hydrogen-bond acceptors (Lipinski definition) is 2. The third kappa shape index (κ3) is 1.75. The first kappa shape index (κ1) is 9.16. The van der Waals surface area contributed by atoms with Crippen LogP contribution in [0.15, 0.2) is 42.6 Å². The van der Waals surface area contributed by atoms with Crippen LogP contribution in [-0.4, -0.2) is 10.2 Å². The average Bonchev–Trinajstić information content (AvgIpc) is 2.30. The quantitative estimate of drug-likeness (QED) is 0.703. The molecule has 2 nitrogen and oxygen atoms in total. The van der Waals surface area contributed by atoms with E-state index < -0.39 is 0 Å². The van der Waals surface area contributed by atoms with E-state index in [0.717, 1.165) is 16.8 Å². The highest BCUT2D eigenvalue weighted by Gasteiger charge is 2.04. The van der Waals surface area contributed by atoms with Crippen molar-refractivity contribution in [2.75, 3.05) is 0 Å². The summed E-state index contributed by atoms with van der Waals surface area (Å²) in [6, 6.07) is 11.8. The number of aromatic nitrogens is 2. The summed E-state index contributed by atoms with van der Waals surface area (Å²) in [5.74, 6) is 0.458. The molecule has 2 aromatic rings. The molecule has 0 unspecified atom stereocenters. The van der Waals surface area contributed by atoms with E-state index in [-0.39, 0.29) is 0 Å². The molecule has 0 fully saturated rings. The Hall–Kier alpha value is -1.41. The molecular weight excluding hydrogens is 196 g/mol. The molecule has 1 heterocycles. The summed E-state index contributed by atoms with van der Waals surface area (Å²) in [4.78, 5) is 0. The summed E-state index contributed by atoms with van der Waals surface area (Å²) in [6.45, 7) is 0. The molecule has 1 aromatic heterocycles. The van der Waals surface area contributed by atoms with Gasteiger partial charge in [-0.3, -0.25) is 0 Å².